The summed E-state index contributed by atoms with van der Waals surface area (Å²) in [4.78, 5) is 29.1. The summed E-state index contributed by atoms with van der Waals surface area (Å²) in [6.45, 7) is 7.84. The highest BCUT2D eigenvalue weighted by atomic mass is 32.2. The van der Waals surface area contributed by atoms with Crippen molar-refractivity contribution in [1.29, 1.82) is 0 Å². The van der Waals surface area contributed by atoms with Crippen molar-refractivity contribution in [2.45, 2.75) is 44.8 Å². The molecule has 1 aliphatic heterocycles. The van der Waals surface area contributed by atoms with Crippen LogP contribution in [-0.4, -0.2) is 61.5 Å². The third kappa shape index (κ3) is 5.29. The normalized spacial score (nSPS) is 19.7. The number of rotatable bonds is 6. The van der Waals surface area contributed by atoms with E-state index in [1.807, 2.05) is 13.8 Å². The van der Waals surface area contributed by atoms with Gasteiger partial charge in [-0.25, -0.2) is 18.2 Å². The van der Waals surface area contributed by atoms with Crippen LogP contribution in [0.4, 0.5) is 5.13 Å². The lowest BCUT2D eigenvalue weighted by atomic mass is 10.2. The van der Waals surface area contributed by atoms with E-state index in [1.165, 1.54) is 28.6 Å². The molecule has 1 amide bonds. The average molecular weight is 468 g/mol. The van der Waals surface area contributed by atoms with Gasteiger partial charge >= 0.3 is 5.97 Å². The molecule has 1 N–H and O–H groups in total. The Morgan fingerprint density at radius 1 is 1.23 bits per heavy atom. The minimum absolute atomic E-state index is 0.111. The van der Waals surface area contributed by atoms with E-state index >= 15 is 0 Å². The fraction of sp³-hybridized carbons (Fsp3) is 0.450. The van der Waals surface area contributed by atoms with Gasteiger partial charge in [0.05, 0.1) is 29.4 Å². The van der Waals surface area contributed by atoms with Crippen molar-refractivity contribution < 1.29 is 27.5 Å². The Hall–Kier alpha value is -2.34. The van der Waals surface area contributed by atoms with Gasteiger partial charge in [-0.05, 0) is 52.0 Å². The molecule has 0 radical (unpaired) electrons. The predicted molar refractivity (Wildman–Crippen MR) is 116 cm³/mol. The Bertz CT molecular complexity index is 1060. The zero-order chi connectivity index (χ0) is 22.8. The van der Waals surface area contributed by atoms with E-state index in [-0.39, 0.29) is 47.5 Å². The Morgan fingerprint density at radius 2 is 1.84 bits per heavy atom. The number of thiazole rings is 1. The van der Waals surface area contributed by atoms with Crippen molar-refractivity contribution in [2.24, 2.45) is 0 Å². The van der Waals surface area contributed by atoms with Crippen LogP contribution in [-0.2, 0) is 19.5 Å². The van der Waals surface area contributed by atoms with Crippen LogP contribution in [0, 0.1) is 6.92 Å². The van der Waals surface area contributed by atoms with E-state index in [9.17, 15) is 18.0 Å². The molecule has 9 nitrogen and oxygen atoms in total. The van der Waals surface area contributed by atoms with Crippen molar-refractivity contribution in [2.75, 3.05) is 25.0 Å². The first kappa shape index (κ1) is 23.3. The molecule has 2 heterocycles. The number of ether oxygens (including phenoxy) is 2. The zero-order valence-corrected chi connectivity index (χ0v) is 19.4. The first-order valence-corrected chi connectivity index (χ1v) is 12.1. The minimum atomic E-state index is -3.69. The van der Waals surface area contributed by atoms with Gasteiger partial charge in [-0.1, -0.05) is 11.3 Å². The zero-order valence-electron chi connectivity index (χ0n) is 17.7. The van der Waals surface area contributed by atoms with Crippen LogP contribution in [0.1, 0.15) is 46.5 Å². The van der Waals surface area contributed by atoms with E-state index in [1.54, 1.807) is 13.8 Å². The van der Waals surface area contributed by atoms with Crippen LogP contribution in [0.25, 0.3) is 0 Å². The number of benzene rings is 1. The number of anilines is 1. The number of aryl methyl sites for hydroxylation is 1. The van der Waals surface area contributed by atoms with Gasteiger partial charge < -0.3 is 9.47 Å². The standard InChI is InChI=1S/C20H25N3O6S2/c1-5-28-19(25)17-14(4)21-20(30-17)22-18(24)15-6-8-16(9-7-15)31(26,27)23-10-12(2)29-13(3)11-23/h6-9,12-13H,5,10-11H2,1-4H3,(H,21,22,24). The molecule has 2 unspecified atom stereocenters. The molecule has 11 heteroatoms. The van der Waals surface area contributed by atoms with Gasteiger partial charge in [0.15, 0.2) is 5.13 Å². The molecule has 1 aromatic carbocycles. The van der Waals surface area contributed by atoms with Crippen LogP contribution in [0.2, 0.25) is 0 Å². The lowest BCUT2D eigenvalue weighted by molar-refractivity contribution is -0.0440. The lowest BCUT2D eigenvalue weighted by Gasteiger charge is -2.34. The molecule has 0 aliphatic carbocycles. The van der Waals surface area contributed by atoms with Crippen molar-refractivity contribution >= 4 is 38.4 Å². The van der Waals surface area contributed by atoms with Crippen LogP contribution >= 0.6 is 11.3 Å². The topological polar surface area (TPSA) is 115 Å². The molecule has 3 rings (SSSR count). The second kappa shape index (κ2) is 9.43. The maximum absolute atomic E-state index is 12.9. The monoisotopic (exact) mass is 467 g/mol. The SMILES string of the molecule is CCOC(=O)c1sc(NC(=O)c2ccc(S(=O)(=O)N3CC(C)OC(C)C3)cc2)nc1C. The number of amides is 1. The fourth-order valence-corrected chi connectivity index (χ4v) is 5.71. The molecule has 0 bridgehead atoms. The lowest BCUT2D eigenvalue weighted by Crippen LogP contribution is -2.48. The molecule has 1 aliphatic rings. The number of hydrogen-bond donors (Lipinski definition) is 1. The molecule has 168 valence electrons. The van der Waals surface area contributed by atoms with Gasteiger partial charge in [-0.3, -0.25) is 10.1 Å². The van der Waals surface area contributed by atoms with E-state index < -0.39 is 21.9 Å². The third-order valence-corrected chi connectivity index (χ3v) is 7.52. The minimum Gasteiger partial charge on any atom is -0.462 e. The Balaban J connectivity index is 1.72. The van der Waals surface area contributed by atoms with Gasteiger partial charge in [-0.15, -0.1) is 0 Å². The average Bonchev–Trinajstić information content (AvgIpc) is 3.07. The predicted octanol–water partition coefficient (Wildman–Crippen LogP) is 2.68. The summed E-state index contributed by atoms with van der Waals surface area (Å²) in [5.74, 6) is -0.943. The first-order chi connectivity index (χ1) is 14.6. The smallest absolute Gasteiger partial charge is 0.350 e. The number of nitrogens with zero attached hydrogens (tertiary/aromatic N) is 2. The number of morpholine rings is 1. The molecule has 0 spiro atoms. The number of sulfonamides is 1. The van der Waals surface area contributed by atoms with Crippen LogP contribution < -0.4 is 5.32 Å². The molecule has 1 saturated heterocycles. The number of esters is 1. The van der Waals surface area contributed by atoms with E-state index in [0.29, 0.717) is 10.6 Å². The van der Waals surface area contributed by atoms with Gasteiger partial charge in [-0.2, -0.15) is 4.31 Å². The summed E-state index contributed by atoms with van der Waals surface area (Å²) in [6, 6.07) is 5.71. The fourth-order valence-electron chi connectivity index (χ4n) is 3.26. The largest absolute Gasteiger partial charge is 0.462 e. The summed E-state index contributed by atoms with van der Waals surface area (Å²) in [6.07, 6.45) is -0.380. The molecule has 2 aromatic rings. The number of carbonyl (C=O) groups excluding carboxylic acids is 2. The quantitative estimate of drug-likeness (QED) is 0.650. The second-order valence-corrected chi connectivity index (χ2v) is 10.1. The number of hydrogen-bond acceptors (Lipinski definition) is 8. The maximum Gasteiger partial charge on any atom is 0.350 e. The van der Waals surface area contributed by atoms with Crippen LogP contribution in [0.3, 0.4) is 0 Å². The summed E-state index contributed by atoms with van der Waals surface area (Å²) >= 11 is 1.03. The molecule has 31 heavy (non-hydrogen) atoms. The molecule has 2 atom stereocenters. The van der Waals surface area contributed by atoms with E-state index in [4.69, 9.17) is 9.47 Å². The summed E-state index contributed by atoms with van der Waals surface area (Å²) in [7, 11) is -3.69. The van der Waals surface area contributed by atoms with Gasteiger partial charge in [0.2, 0.25) is 10.0 Å². The molecule has 0 saturated carbocycles. The Kier molecular flexibility index (Phi) is 7.10. The van der Waals surface area contributed by atoms with Crippen LogP contribution in [0.15, 0.2) is 29.2 Å². The first-order valence-electron chi connectivity index (χ1n) is 9.83. The molecule has 1 fully saturated rings. The second-order valence-electron chi connectivity index (χ2n) is 7.21. The van der Waals surface area contributed by atoms with Gasteiger partial charge in [0.25, 0.3) is 5.91 Å². The number of carbonyl (C=O) groups is 2. The van der Waals surface area contributed by atoms with Gasteiger partial charge in [0, 0.05) is 18.7 Å². The number of aromatic nitrogens is 1. The van der Waals surface area contributed by atoms with E-state index in [2.05, 4.69) is 10.3 Å². The van der Waals surface area contributed by atoms with Crippen molar-refractivity contribution in [3.63, 3.8) is 0 Å². The third-order valence-electron chi connectivity index (χ3n) is 4.62. The van der Waals surface area contributed by atoms with Crippen molar-refractivity contribution in [1.82, 2.24) is 9.29 Å². The molecular formula is C20H25N3O6S2. The molecular weight excluding hydrogens is 442 g/mol. The Labute approximate surface area is 185 Å². The summed E-state index contributed by atoms with van der Waals surface area (Å²) in [5, 5.41) is 2.90. The Morgan fingerprint density at radius 3 is 2.42 bits per heavy atom. The van der Waals surface area contributed by atoms with Crippen LogP contribution in [0.5, 0.6) is 0 Å². The highest BCUT2D eigenvalue weighted by Gasteiger charge is 2.32. The van der Waals surface area contributed by atoms with Gasteiger partial charge in [0.1, 0.15) is 4.88 Å². The number of nitrogens with one attached hydrogen (secondary N) is 1. The van der Waals surface area contributed by atoms with Crippen molar-refractivity contribution in [3.8, 4) is 0 Å². The van der Waals surface area contributed by atoms with Crippen molar-refractivity contribution in [3.05, 3.63) is 40.4 Å². The molecule has 1 aromatic heterocycles. The maximum atomic E-state index is 12.9. The summed E-state index contributed by atoms with van der Waals surface area (Å²) in [5.41, 5.74) is 0.738. The summed E-state index contributed by atoms with van der Waals surface area (Å²) < 4.78 is 37.8. The van der Waals surface area contributed by atoms with E-state index in [0.717, 1.165) is 11.3 Å². The highest BCUT2D eigenvalue weighted by molar-refractivity contribution is 7.89. The highest BCUT2D eigenvalue weighted by Crippen LogP contribution is 2.25.